The highest BCUT2D eigenvalue weighted by molar-refractivity contribution is 5.10. The van der Waals surface area contributed by atoms with Crippen molar-refractivity contribution in [3.63, 3.8) is 0 Å². The molecule has 2 nitrogen and oxygen atoms in total. The molecular weight excluding hydrogens is 138 g/mol. The highest BCUT2D eigenvalue weighted by Gasteiger charge is 2.59. The monoisotopic (exact) mass is 155 g/mol. The largest absolute Gasteiger partial charge is 0.396 e. The molecule has 0 aromatic heterocycles. The van der Waals surface area contributed by atoms with Crippen LogP contribution in [0.4, 0.5) is 0 Å². The van der Waals surface area contributed by atoms with Crippen LogP contribution in [0.3, 0.4) is 0 Å². The Bertz CT molecular complexity index is 152. The predicted octanol–water partition coefficient (Wildman–Crippen LogP) is 0.711. The number of aliphatic hydroxyl groups excluding tert-OH is 1. The summed E-state index contributed by atoms with van der Waals surface area (Å²) in [6.45, 7) is 2.99. The molecule has 2 aliphatic rings. The van der Waals surface area contributed by atoms with Crippen LogP contribution in [0.2, 0.25) is 0 Å². The van der Waals surface area contributed by atoms with Crippen molar-refractivity contribution in [2.24, 2.45) is 11.3 Å². The van der Waals surface area contributed by atoms with Crippen molar-refractivity contribution in [3.8, 4) is 0 Å². The van der Waals surface area contributed by atoms with Crippen molar-refractivity contribution in [2.45, 2.75) is 19.3 Å². The third-order valence-electron chi connectivity index (χ3n) is 3.24. The van der Waals surface area contributed by atoms with Crippen LogP contribution >= 0.6 is 0 Å². The molecule has 0 radical (unpaired) electrons. The molecule has 0 aromatic carbocycles. The first-order valence-electron chi connectivity index (χ1n) is 4.56. The van der Waals surface area contributed by atoms with Crippen LogP contribution in [0, 0.1) is 11.3 Å². The van der Waals surface area contributed by atoms with Gasteiger partial charge in [0.05, 0.1) is 0 Å². The Hall–Kier alpha value is -0.0800. The quantitative estimate of drug-likeness (QED) is 0.649. The summed E-state index contributed by atoms with van der Waals surface area (Å²) >= 11 is 0. The Morgan fingerprint density at radius 3 is 2.82 bits per heavy atom. The summed E-state index contributed by atoms with van der Waals surface area (Å²) in [5, 5.41) is 8.65. The van der Waals surface area contributed by atoms with Gasteiger partial charge in [-0.2, -0.15) is 0 Å². The van der Waals surface area contributed by atoms with Crippen LogP contribution in [0.1, 0.15) is 19.3 Å². The van der Waals surface area contributed by atoms with E-state index < -0.39 is 0 Å². The van der Waals surface area contributed by atoms with E-state index in [1.807, 2.05) is 0 Å². The Balaban J connectivity index is 1.70. The minimum Gasteiger partial charge on any atom is -0.396 e. The molecular formula is C9H17NO. The fraction of sp³-hybridized carbons (Fsp3) is 1.00. The van der Waals surface area contributed by atoms with Crippen molar-refractivity contribution < 1.29 is 5.11 Å². The van der Waals surface area contributed by atoms with Gasteiger partial charge >= 0.3 is 0 Å². The summed E-state index contributed by atoms with van der Waals surface area (Å²) in [4.78, 5) is 2.39. The molecule has 0 aromatic rings. The molecule has 2 rings (SSSR count). The molecule has 1 spiro atoms. The topological polar surface area (TPSA) is 23.5 Å². The normalized spacial score (nSPS) is 33.8. The van der Waals surface area contributed by atoms with Gasteiger partial charge in [-0.25, -0.2) is 0 Å². The Morgan fingerprint density at radius 2 is 2.27 bits per heavy atom. The maximum atomic E-state index is 8.65. The summed E-state index contributed by atoms with van der Waals surface area (Å²) in [5.41, 5.74) is 0.726. The second-order valence-electron chi connectivity index (χ2n) is 4.30. The molecule has 1 saturated carbocycles. The fourth-order valence-electron chi connectivity index (χ4n) is 2.59. The summed E-state index contributed by atoms with van der Waals surface area (Å²) in [7, 11) is 2.19. The van der Waals surface area contributed by atoms with Gasteiger partial charge in [-0.05, 0) is 37.6 Å². The summed E-state index contributed by atoms with van der Waals surface area (Å²) in [6.07, 6.45) is 3.69. The number of hydrogen-bond donors (Lipinski definition) is 1. The molecule has 0 bridgehead atoms. The van der Waals surface area contributed by atoms with E-state index in [1.54, 1.807) is 0 Å². The van der Waals surface area contributed by atoms with Crippen molar-refractivity contribution in [3.05, 3.63) is 0 Å². The van der Waals surface area contributed by atoms with Gasteiger partial charge in [-0.3, -0.25) is 0 Å². The van der Waals surface area contributed by atoms with Gasteiger partial charge < -0.3 is 10.0 Å². The van der Waals surface area contributed by atoms with E-state index in [0.717, 1.165) is 17.8 Å². The lowest BCUT2D eigenvalue weighted by Crippen LogP contribution is -2.46. The molecule has 1 saturated heterocycles. The van der Waals surface area contributed by atoms with Crippen LogP contribution in [-0.2, 0) is 0 Å². The van der Waals surface area contributed by atoms with E-state index >= 15 is 0 Å². The lowest BCUT2D eigenvalue weighted by Gasteiger charge is -2.38. The number of hydrogen-bond acceptors (Lipinski definition) is 2. The maximum absolute atomic E-state index is 8.65. The zero-order valence-electron chi connectivity index (χ0n) is 7.21. The Labute approximate surface area is 68.2 Å². The first-order chi connectivity index (χ1) is 5.27. The number of aliphatic hydroxyl groups is 1. The van der Waals surface area contributed by atoms with E-state index in [4.69, 9.17) is 5.11 Å². The minimum absolute atomic E-state index is 0.377. The highest BCUT2D eigenvalue weighted by Crippen LogP contribution is 2.59. The number of rotatable bonds is 3. The standard InChI is InChI=1S/C9H17NO/c1-10-6-9(7-10)5-8(9)3-2-4-11/h8,11H,2-7H2,1H3. The lowest BCUT2D eigenvalue weighted by molar-refractivity contribution is 0.0963. The summed E-state index contributed by atoms with van der Waals surface area (Å²) in [6, 6.07) is 0. The smallest absolute Gasteiger partial charge is 0.0431 e. The van der Waals surface area contributed by atoms with Crippen LogP contribution < -0.4 is 0 Å². The number of nitrogens with zero attached hydrogens (tertiary/aromatic N) is 1. The van der Waals surface area contributed by atoms with Crippen molar-refractivity contribution >= 4 is 0 Å². The predicted molar refractivity (Wildman–Crippen MR) is 44.4 cm³/mol. The minimum atomic E-state index is 0.377. The average molecular weight is 155 g/mol. The van der Waals surface area contributed by atoms with Crippen LogP contribution in [0.5, 0.6) is 0 Å². The van der Waals surface area contributed by atoms with E-state index in [9.17, 15) is 0 Å². The number of likely N-dealkylation sites (tertiary alicyclic amines) is 1. The Kier molecular flexibility index (Phi) is 1.69. The SMILES string of the molecule is CN1CC2(CC2CCCO)C1. The highest BCUT2D eigenvalue weighted by atomic mass is 16.2. The molecule has 64 valence electrons. The zero-order valence-corrected chi connectivity index (χ0v) is 7.21. The molecule has 1 atom stereocenters. The van der Waals surface area contributed by atoms with Gasteiger partial charge in [0.1, 0.15) is 0 Å². The van der Waals surface area contributed by atoms with Crippen molar-refractivity contribution in [1.29, 1.82) is 0 Å². The second kappa shape index (κ2) is 2.46. The van der Waals surface area contributed by atoms with Gasteiger partial charge in [0.15, 0.2) is 0 Å². The fourth-order valence-corrected chi connectivity index (χ4v) is 2.59. The van der Waals surface area contributed by atoms with Crippen LogP contribution in [-0.4, -0.2) is 36.8 Å². The molecule has 1 unspecified atom stereocenters. The zero-order chi connectivity index (χ0) is 7.90. The lowest BCUT2D eigenvalue weighted by atomic mass is 9.93. The molecule has 2 heteroatoms. The van der Waals surface area contributed by atoms with Crippen LogP contribution in [0.15, 0.2) is 0 Å². The molecule has 1 N–H and O–H groups in total. The van der Waals surface area contributed by atoms with E-state index in [-0.39, 0.29) is 0 Å². The van der Waals surface area contributed by atoms with E-state index in [2.05, 4.69) is 11.9 Å². The van der Waals surface area contributed by atoms with E-state index in [1.165, 1.54) is 25.9 Å². The van der Waals surface area contributed by atoms with Crippen molar-refractivity contribution in [2.75, 3.05) is 26.7 Å². The third-order valence-corrected chi connectivity index (χ3v) is 3.24. The van der Waals surface area contributed by atoms with Crippen LogP contribution in [0.25, 0.3) is 0 Å². The first-order valence-corrected chi connectivity index (χ1v) is 4.56. The second-order valence-corrected chi connectivity index (χ2v) is 4.30. The summed E-state index contributed by atoms with van der Waals surface area (Å²) in [5.74, 6) is 0.950. The van der Waals surface area contributed by atoms with Gasteiger partial charge in [0.25, 0.3) is 0 Å². The Morgan fingerprint density at radius 1 is 1.55 bits per heavy atom. The van der Waals surface area contributed by atoms with Gasteiger partial charge in [-0.1, -0.05) is 0 Å². The summed E-state index contributed by atoms with van der Waals surface area (Å²) < 4.78 is 0. The molecule has 1 aliphatic heterocycles. The molecule has 0 amide bonds. The molecule has 1 heterocycles. The third kappa shape index (κ3) is 1.18. The molecule has 11 heavy (non-hydrogen) atoms. The van der Waals surface area contributed by atoms with Gasteiger partial charge in [-0.15, -0.1) is 0 Å². The maximum Gasteiger partial charge on any atom is 0.0431 e. The first kappa shape index (κ1) is 7.56. The van der Waals surface area contributed by atoms with E-state index in [0.29, 0.717) is 6.61 Å². The average Bonchev–Trinajstić information content (AvgIpc) is 2.58. The van der Waals surface area contributed by atoms with Gasteiger partial charge in [0, 0.05) is 19.7 Å². The van der Waals surface area contributed by atoms with Crippen molar-refractivity contribution in [1.82, 2.24) is 4.90 Å². The molecule has 2 fully saturated rings. The van der Waals surface area contributed by atoms with Gasteiger partial charge in [0.2, 0.25) is 0 Å². The molecule has 1 aliphatic carbocycles.